The SMILES string of the molecule is O=C(NCCN1CCOCC1)C(=O)Nc1cc(C(F)(F)F)ccc1Cl. The first-order valence-corrected chi connectivity index (χ1v) is 7.91. The molecule has 6 nitrogen and oxygen atoms in total. The molecular weight excluding hydrogens is 363 g/mol. The zero-order valence-electron chi connectivity index (χ0n) is 13.2. The first-order chi connectivity index (χ1) is 11.8. The van der Waals surface area contributed by atoms with Gasteiger partial charge in [0, 0.05) is 26.2 Å². The number of morpholine rings is 1. The number of carbonyl (C=O) groups excluding carboxylic acids is 2. The van der Waals surface area contributed by atoms with Gasteiger partial charge in [-0.05, 0) is 18.2 Å². The standard InChI is InChI=1S/C15H17ClF3N3O3/c16-11-2-1-10(15(17,18)19)9-12(11)21-14(24)13(23)20-3-4-22-5-7-25-8-6-22/h1-2,9H,3-8H2,(H,20,23)(H,21,24). The molecule has 0 bridgehead atoms. The molecule has 1 aliphatic heterocycles. The van der Waals surface area contributed by atoms with Crippen LogP contribution >= 0.6 is 11.6 Å². The van der Waals surface area contributed by atoms with Crippen LogP contribution in [0.4, 0.5) is 18.9 Å². The molecule has 2 N–H and O–H groups in total. The summed E-state index contributed by atoms with van der Waals surface area (Å²) in [6.07, 6.45) is -4.58. The highest BCUT2D eigenvalue weighted by atomic mass is 35.5. The highest BCUT2D eigenvalue weighted by Gasteiger charge is 2.31. The molecule has 1 aromatic carbocycles. The lowest BCUT2D eigenvalue weighted by molar-refractivity contribution is -0.137. The molecule has 1 fully saturated rings. The molecule has 0 saturated carbocycles. The van der Waals surface area contributed by atoms with Crippen molar-refractivity contribution >= 4 is 29.1 Å². The fourth-order valence-electron chi connectivity index (χ4n) is 2.21. The summed E-state index contributed by atoms with van der Waals surface area (Å²) >= 11 is 5.77. The number of alkyl halides is 3. The van der Waals surface area contributed by atoms with Gasteiger partial charge in [-0.25, -0.2) is 0 Å². The van der Waals surface area contributed by atoms with Gasteiger partial charge in [-0.15, -0.1) is 0 Å². The monoisotopic (exact) mass is 379 g/mol. The van der Waals surface area contributed by atoms with Gasteiger partial charge < -0.3 is 15.4 Å². The van der Waals surface area contributed by atoms with Crippen molar-refractivity contribution < 1.29 is 27.5 Å². The van der Waals surface area contributed by atoms with Gasteiger partial charge in [-0.1, -0.05) is 11.6 Å². The first-order valence-electron chi connectivity index (χ1n) is 7.53. The van der Waals surface area contributed by atoms with Crippen molar-refractivity contribution in [3.05, 3.63) is 28.8 Å². The molecule has 138 valence electrons. The van der Waals surface area contributed by atoms with Crippen LogP contribution in [0.15, 0.2) is 18.2 Å². The van der Waals surface area contributed by atoms with E-state index in [4.69, 9.17) is 16.3 Å². The number of benzene rings is 1. The number of hydrogen-bond donors (Lipinski definition) is 2. The highest BCUT2D eigenvalue weighted by molar-refractivity contribution is 6.41. The Bertz CT molecular complexity index is 634. The summed E-state index contributed by atoms with van der Waals surface area (Å²) in [6, 6.07) is 2.48. The third-order valence-electron chi connectivity index (χ3n) is 3.57. The Morgan fingerprint density at radius 2 is 1.88 bits per heavy atom. The van der Waals surface area contributed by atoms with Gasteiger partial charge in [0.1, 0.15) is 0 Å². The van der Waals surface area contributed by atoms with Crippen molar-refractivity contribution in [2.24, 2.45) is 0 Å². The average molecular weight is 380 g/mol. The van der Waals surface area contributed by atoms with Crippen molar-refractivity contribution in [2.75, 3.05) is 44.7 Å². The van der Waals surface area contributed by atoms with Crippen LogP contribution in [0.2, 0.25) is 5.02 Å². The highest BCUT2D eigenvalue weighted by Crippen LogP contribution is 2.33. The second-order valence-electron chi connectivity index (χ2n) is 5.36. The number of carbonyl (C=O) groups is 2. The Morgan fingerprint density at radius 3 is 2.52 bits per heavy atom. The maximum absolute atomic E-state index is 12.7. The fraction of sp³-hybridized carbons (Fsp3) is 0.467. The Kier molecular flexibility index (Phi) is 6.63. The number of nitrogens with zero attached hydrogens (tertiary/aromatic N) is 1. The van der Waals surface area contributed by atoms with Crippen LogP contribution in [0, 0.1) is 0 Å². The Labute approximate surface area is 147 Å². The minimum atomic E-state index is -4.58. The van der Waals surface area contributed by atoms with E-state index in [1.807, 2.05) is 0 Å². The third kappa shape index (κ3) is 5.87. The normalized spacial score (nSPS) is 15.7. The summed E-state index contributed by atoms with van der Waals surface area (Å²) in [5.74, 6) is -2.02. The van der Waals surface area contributed by atoms with Crippen molar-refractivity contribution in [1.82, 2.24) is 10.2 Å². The van der Waals surface area contributed by atoms with E-state index in [9.17, 15) is 22.8 Å². The maximum atomic E-state index is 12.7. The Morgan fingerprint density at radius 1 is 1.20 bits per heavy atom. The minimum absolute atomic E-state index is 0.0949. The maximum Gasteiger partial charge on any atom is 0.416 e. The van der Waals surface area contributed by atoms with Gasteiger partial charge in [0.05, 0.1) is 29.5 Å². The van der Waals surface area contributed by atoms with E-state index in [1.165, 1.54) is 0 Å². The number of anilines is 1. The van der Waals surface area contributed by atoms with Crippen LogP contribution < -0.4 is 10.6 Å². The molecule has 1 saturated heterocycles. The number of ether oxygens (including phenoxy) is 1. The second-order valence-corrected chi connectivity index (χ2v) is 5.76. The van der Waals surface area contributed by atoms with E-state index < -0.39 is 23.6 Å². The van der Waals surface area contributed by atoms with Crippen molar-refractivity contribution in [3.8, 4) is 0 Å². The van der Waals surface area contributed by atoms with Crippen LogP contribution in [0.5, 0.6) is 0 Å². The topological polar surface area (TPSA) is 70.7 Å². The van der Waals surface area contributed by atoms with Crippen LogP contribution in [-0.4, -0.2) is 56.1 Å². The van der Waals surface area contributed by atoms with E-state index in [0.717, 1.165) is 25.2 Å². The van der Waals surface area contributed by atoms with Crippen molar-refractivity contribution in [3.63, 3.8) is 0 Å². The zero-order valence-corrected chi connectivity index (χ0v) is 13.9. The van der Waals surface area contributed by atoms with Crippen LogP contribution in [0.1, 0.15) is 5.56 Å². The molecule has 1 heterocycles. The predicted molar refractivity (Wildman–Crippen MR) is 85.4 cm³/mol. The first kappa shape index (κ1) is 19.5. The number of nitrogens with one attached hydrogen (secondary N) is 2. The van der Waals surface area contributed by atoms with Gasteiger partial charge in [-0.2, -0.15) is 13.2 Å². The molecule has 0 unspecified atom stereocenters. The molecule has 0 atom stereocenters. The number of hydrogen-bond acceptors (Lipinski definition) is 4. The molecule has 0 aromatic heterocycles. The fourth-order valence-corrected chi connectivity index (χ4v) is 2.37. The van der Waals surface area contributed by atoms with E-state index in [2.05, 4.69) is 15.5 Å². The predicted octanol–water partition coefficient (Wildman–Crippen LogP) is 1.75. The Balaban J connectivity index is 1.87. The lowest BCUT2D eigenvalue weighted by Crippen LogP contribution is -2.43. The van der Waals surface area contributed by atoms with Crippen molar-refractivity contribution in [1.29, 1.82) is 0 Å². The molecule has 25 heavy (non-hydrogen) atoms. The molecule has 1 aliphatic rings. The lowest BCUT2D eigenvalue weighted by atomic mass is 10.2. The van der Waals surface area contributed by atoms with E-state index in [1.54, 1.807) is 0 Å². The van der Waals surface area contributed by atoms with E-state index in [-0.39, 0.29) is 17.3 Å². The largest absolute Gasteiger partial charge is 0.416 e. The summed E-state index contributed by atoms with van der Waals surface area (Å²) in [6.45, 7) is 3.49. The molecular formula is C15H17ClF3N3O3. The minimum Gasteiger partial charge on any atom is -0.379 e. The number of rotatable bonds is 4. The quantitative estimate of drug-likeness (QED) is 0.782. The summed E-state index contributed by atoms with van der Waals surface area (Å²) < 4.78 is 43.3. The Hall–Kier alpha value is -1.84. The van der Waals surface area contributed by atoms with Gasteiger partial charge in [-0.3, -0.25) is 14.5 Å². The zero-order chi connectivity index (χ0) is 18.4. The molecule has 2 amide bonds. The van der Waals surface area contributed by atoms with Gasteiger partial charge >= 0.3 is 18.0 Å². The summed E-state index contributed by atoms with van der Waals surface area (Å²) in [7, 11) is 0. The van der Waals surface area contributed by atoms with Crippen LogP contribution in [0.3, 0.4) is 0 Å². The summed E-state index contributed by atoms with van der Waals surface area (Å²) in [5.41, 5.74) is -1.25. The van der Waals surface area contributed by atoms with Gasteiger partial charge in [0.25, 0.3) is 0 Å². The van der Waals surface area contributed by atoms with Crippen molar-refractivity contribution in [2.45, 2.75) is 6.18 Å². The van der Waals surface area contributed by atoms with E-state index >= 15 is 0 Å². The van der Waals surface area contributed by atoms with Crippen LogP contribution in [-0.2, 0) is 20.5 Å². The van der Waals surface area contributed by atoms with E-state index in [0.29, 0.717) is 25.8 Å². The summed E-state index contributed by atoms with van der Waals surface area (Å²) in [5, 5.41) is 4.41. The number of amides is 2. The second kappa shape index (κ2) is 8.50. The molecule has 10 heteroatoms. The average Bonchev–Trinajstić information content (AvgIpc) is 2.56. The molecule has 0 spiro atoms. The van der Waals surface area contributed by atoms with Crippen LogP contribution in [0.25, 0.3) is 0 Å². The molecule has 1 aromatic rings. The molecule has 0 aliphatic carbocycles. The number of halogens is 4. The van der Waals surface area contributed by atoms with Gasteiger partial charge in [0.2, 0.25) is 0 Å². The summed E-state index contributed by atoms with van der Waals surface area (Å²) in [4.78, 5) is 25.6. The van der Waals surface area contributed by atoms with Gasteiger partial charge in [0.15, 0.2) is 0 Å². The third-order valence-corrected chi connectivity index (χ3v) is 3.89. The molecule has 0 radical (unpaired) electrons. The molecule has 2 rings (SSSR count). The smallest absolute Gasteiger partial charge is 0.379 e. The lowest BCUT2D eigenvalue weighted by Gasteiger charge is -2.26.